The molecule has 1 unspecified atom stereocenters. The van der Waals surface area contributed by atoms with Crippen LogP contribution in [0.5, 0.6) is 0 Å². The summed E-state index contributed by atoms with van der Waals surface area (Å²) in [6.07, 6.45) is -5.00. The molecule has 6 nitrogen and oxygen atoms in total. The fraction of sp³-hybridized carbons (Fsp3) is 0.389. The van der Waals surface area contributed by atoms with Gasteiger partial charge in [-0.25, -0.2) is 4.39 Å². The minimum Gasteiger partial charge on any atom is -0.382 e. The molecule has 11 heteroatoms. The molecule has 0 fully saturated rings. The van der Waals surface area contributed by atoms with Gasteiger partial charge >= 0.3 is 6.18 Å². The van der Waals surface area contributed by atoms with Gasteiger partial charge < -0.3 is 10.2 Å². The van der Waals surface area contributed by atoms with E-state index in [1.54, 1.807) is 0 Å². The summed E-state index contributed by atoms with van der Waals surface area (Å²) in [6, 6.07) is 5.17. The van der Waals surface area contributed by atoms with Crippen LogP contribution in [0, 0.1) is 12.7 Å². The quantitative estimate of drug-likeness (QED) is 0.559. The van der Waals surface area contributed by atoms with Crippen molar-refractivity contribution in [2.45, 2.75) is 38.6 Å². The summed E-state index contributed by atoms with van der Waals surface area (Å²) in [7, 11) is 0. The third-order valence-electron chi connectivity index (χ3n) is 4.33. The van der Waals surface area contributed by atoms with Gasteiger partial charge in [0.05, 0.1) is 16.3 Å². The Bertz CT molecular complexity index is 922. The Morgan fingerprint density at radius 2 is 2.17 bits per heavy atom. The van der Waals surface area contributed by atoms with Crippen molar-refractivity contribution >= 4 is 23.2 Å². The molecule has 1 aliphatic heterocycles. The zero-order valence-electron chi connectivity index (χ0n) is 15.3. The zero-order valence-corrected chi connectivity index (χ0v) is 16.0. The molecule has 2 aromatic rings. The summed E-state index contributed by atoms with van der Waals surface area (Å²) in [5, 5.41) is 10.1. The molecular weight excluding hydrogens is 416 g/mol. The second kappa shape index (κ2) is 8.40. The number of nitrogens with one attached hydrogen (secondary N) is 1. The number of hydrogen-bond donors (Lipinski definition) is 1. The number of aryl methyl sites for hydroxylation is 2. The zero-order chi connectivity index (χ0) is 21.2. The summed E-state index contributed by atoms with van der Waals surface area (Å²) in [5.74, 6) is -1.02. The van der Waals surface area contributed by atoms with Crippen molar-refractivity contribution in [2.24, 2.45) is 5.16 Å². The van der Waals surface area contributed by atoms with E-state index >= 15 is 0 Å². The van der Waals surface area contributed by atoms with E-state index in [-0.39, 0.29) is 35.8 Å². The number of hydrogen-bond acceptors (Lipinski definition) is 4. The van der Waals surface area contributed by atoms with E-state index in [0.717, 1.165) is 6.07 Å². The molecule has 1 amide bonds. The number of alkyl halides is 3. The number of rotatable bonds is 6. The second-order valence-corrected chi connectivity index (χ2v) is 6.88. The van der Waals surface area contributed by atoms with Crippen LogP contribution in [0.3, 0.4) is 0 Å². The Balaban J connectivity index is 1.47. The van der Waals surface area contributed by atoms with E-state index in [0.29, 0.717) is 12.1 Å². The Morgan fingerprint density at radius 3 is 2.83 bits per heavy atom. The summed E-state index contributed by atoms with van der Waals surface area (Å²) in [6.45, 7) is 1.94. The monoisotopic (exact) mass is 432 g/mol. The van der Waals surface area contributed by atoms with Gasteiger partial charge in [0, 0.05) is 25.2 Å². The van der Waals surface area contributed by atoms with Crippen LogP contribution in [0.15, 0.2) is 29.4 Å². The molecule has 156 valence electrons. The fourth-order valence-electron chi connectivity index (χ4n) is 2.87. The topological polar surface area (TPSA) is 68.5 Å². The van der Waals surface area contributed by atoms with Crippen LogP contribution in [-0.2, 0) is 22.4 Å². The minimum atomic E-state index is -4.50. The molecule has 0 saturated carbocycles. The minimum absolute atomic E-state index is 0.0553. The number of benzene rings is 1. The van der Waals surface area contributed by atoms with Crippen LogP contribution >= 0.6 is 11.6 Å². The Labute approximate surface area is 168 Å². The van der Waals surface area contributed by atoms with Gasteiger partial charge in [-0.2, -0.15) is 18.3 Å². The largest absolute Gasteiger partial charge is 0.435 e. The summed E-state index contributed by atoms with van der Waals surface area (Å²) >= 11 is 5.98. The standard InChI is InChI=1S/C18H17ClF4N4O2/c1-10-8-15(18(21,22)23)25-27(10)7-3-6-24-17(28)14-9-13(26-29-14)16-11(19)4-2-5-12(16)20/h2,4-5,8,14H,3,6-7,9H2,1H3,(H,24,28). The number of aromatic nitrogens is 2. The maximum Gasteiger partial charge on any atom is 0.435 e. The normalized spacial score (nSPS) is 16.5. The average Bonchev–Trinajstić information content (AvgIpc) is 3.25. The molecule has 0 bridgehead atoms. The van der Waals surface area contributed by atoms with Crippen molar-refractivity contribution < 1.29 is 27.2 Å². The van der Waals surface area contributed by atoms with Gasteiger partial charge in [0.2, 0.25) is 6.10 Å². The smallest absolute Gasteiger partial charge is 0.382 e. The maximum atomic E-state index is 13.9. The highest BCUT2D eigenvalue weighted by Gasteiger charge is 2.34. The number of amides is 1. The lowest BCUT2D eigenvalue weighted by Crippen LogP contribution is -2.35. The maximum absolute atomic E-state index is 13.9. The number of carbonyl (C=O) groups excluding carboxylic acids is 1. The molecule has 3 rings (SSSR count). The van der Waals surface area contributed by atoms with Crippen LogP contribution in [0.4, 0.5) is 17.6 Å². The molecule has 29 heavy (non-hydrogen) atoms. The van der Waals surface area contributed by atoms with Crippen molar-refractivity contribution in [3.8, 4) is 0 Å². The highest BCUT2D eigenvalue weighted by molar-refractivity contribution is 6.34. The Kier molecular flexibility index (Phi) is 6.11. The van der Waals surface area contributed by atoms with Crippen LogP contribution < -0.4 is 5.32 Å². The van der Waals surface area contributed by atoms with E-state index < -0.39 is 29.7 Å². The third-order valence-corrected chi connectivity index (χ3v) is 4.65. The first-order valence-electron chi connectivity index (χ1n) is 8.73. The molecule has 1 N–H and O–H groups in total. The van der Waals surface area contributed by atoms with Crippen molar-refractivity contribution in [1.29, 1.82) is 0 Å². The number of halogens is 5. The average molecular weight is 433 g/mol. The van der Waals surface area contributed by atoms with Gasteiger partial charge in [-0.1, -0.05) is 22.8 Å². The molecule has 2 heterocycles. The predicted molar refractivity (Wildman–Crippen MR) is 97.0 cm³/mol. The van der Waals surface area contributed by atoms with Crippen molar-refractivity contribution in [3.63, 3.8) is 0 Å². The Morgan fingerprint density at radius 1 is 1.41 bits per heavy atom. The van der Waals surface area contributed by atoms with E-state index in [2.05, 4.69) is 15.6 Å². The van der Waals surface area contributed by atoms with Gasteiger partial charge in [-0.3, -0.25) is 9.48 Å². The molecule has 1 aromatic carbocycles. The first-order chi connectivity index (χ1) is 13.7. The molecule has 0 saturated heterocycles. The highest BCUT2D eigenvalue weighted by Crippen LogP contribution is 2.28. The summed E-state index contributed by atoms with van der Waals surface area (Å²) < 4.78 is 53.2. The summed E-state index contributed by atoms with van der Waals surface area (Å²) in [4.78, 5) is 17.3. The van der Waals surface area contributed by atoms with Gasteiger partial charge in [0.15, 0.2) is 5.69 Å². The van der Waals surface area contributed by atoms with Gasteiger partial charge in [-0.15, -0.1) is 0 Å². The van der Waals surface area contributed by atoms with Gasteiger partial charge in [0.25, 0.3) is 5.91 Å². The summed E-state index contributed by atoms with van der Waals surface area (Å²) in [5.41, 5.74) is -0.239. The van der Waals surface area contributed by atoms with Gasteiger partial charge in [0.1, 0.15) is 5.82 Å². The molecule has 0 radical (unpaired) electrons. The third kappa shape index (κ3) is 4.87. The molecule has 0 spiro atoms. The number of nitrogens with zero attached hydrogens (tertiary/aromatic N) is 3. The van der Waals surface area contributed by atoms with Gasteiger partial charge in [-0.05, 0) is 31.5 Å². The highest BCUT2D eigenvalue weighted by atomic mass is 35.5. The lowest BCUT2D eigenvalue weighted by Gasteiger charge is -2.10. The second-order valence-electron chi connectivity index (χ2n) is 6.47. The SMILES string of the molecule is Cc1cc(C(F)(F)F)nn1CCCNC(=O)C1CC(c2c(F)cccc2Cl)=NO1. The molecular formula is C18H17ClF4N4O2. The molecule has 0 aliphatic carbocycles. The van der Waals surface area contributed by atoms with E-state index in [9.17, 15) is 22.4 Å². The van der Waals surface area contributed by atoms with E-state index in [1.165, 1.54) is 29.8 Å². The first-order valence-corrected chi connectivity index (χ1v) is 9.11. The molecule has 1 aromatic heterocycles. The first kappa shape index (κ1) is 21.1. The molecule has 1 atom stereocenters. The van der Waals surface area contributed by atoms with Crippen LogP contribution in [-0.4, -0.2) is 34.0 Å². The lowest BCUT2D eigenvalue weighted by molar-refractivity contribution is -0.141. The van der Waals surface area contributed by atoms with Crippen molar-refractivity contribution in [1.82, 2.24) is 15.1 Å². The number of oxime groups is 1. The van der Waals surface area contributed by atoms with Crippen molar-refractivity contribution in [3.05, 3.63) is 52.1 Å². The Hall–Kier alpha value is -2.62. The predicted octanol–water partition coefficient (Wildman–Crippen LogP) is 3.70. The van der Waals surface area contributed by atoms with E-state index in [1.807, 2.05) is 0 Å². The molecule has 1 aliphatic rings. The van der Waals surface area contributed by atoms with Crippen LogP contribution in [0.1, 0.15) is 29.8 Å². The lowest BCUT2D eigenvalue weighted by atomic mass is 10.0. The number of carbonyl (C=O) groups is 1. The van der Waals surface area contributed by atoms with Crippen LogP contribution in [0.2, 0.25) is 5.02 Å². The van der Waals surface area contributed by atoms with E-state index in [4.69, 9.17) is 16.4 Å². The fourth-order valence-corrected chi connectivity index (χ4v) is 3.14. The van der Waals surface area contributed by atoms with Crippen LogP contribution in [0.25, 0.3) is 0 Å². The van der Waals surface area contributed by atoms with Crippen molar-refractivity contribution in [2.75, 3.05) is 6.54 Å².